The fourth-order valence-corrected chi connectivity index (χ4v) is 2.68. The topological polar surface area (TPSA) is 41.6 Å². The van der Waals surface area contributed by atoms with E-state index in [9.17, 15) is 13.6 Å². The number of nitrogens with zero attached hydrogens (tertiary/aromatic N) is 1. The molecule has 0 spiro atoms. The summed E-state index contributed by atoms with van der Waals surface area (Å²) in [6, 6.07) is 6.54. The van der Waals surface area contributed by atoms with Crippen LogP contribution in [-0.2, 0) is 4.79 Å². The van der Waals surface area contributed by atoms with Gasteiger partial charge in [-0.05, 0) is 31.0 Å². The van der Waals surface area contributed by atoms with Crippen molar-refractivity contribution < 1.29 is 18.3 Å². The highest BCUT2D eigenvalue weighted by atomic mass is 19.3. The molecule has 1 aromatic carbocycles. The van der Waals surface area contributed by atoms with Gasteiger partial charge in [0.25, 0.3) is 0 Å². The van der Waals surface area contributed by atoms with Crippen LogP contribution in [0.25, 0.3) is 0 Å². The number of carbonyl (C=O) groups is 1. The van der Waals surface area contributed by atoms with Gasteiger partial charge in [-0.25, -0.2) is 0 Å². The quantitative estimate of drug-likeness (QED) is 0.878. The van der Waals surface area contributed by atoms with Crippen LogP contribution in [0.3, 0.4) is 0 Å². The number of hydrogen-bond donors (Lipinski definition) is 1. The number of alkyl halides is 2. The lowest BCUT2D eigenvalue weighted by molar-refractivity contribution is -0.130. The fraction of sp³-hybridized carbons (Fsp3) is 0.533. The lowest BCUT2D eigenvalue weighted by Gasteiger charge is -2.30. The lowest BCUT2D eigenvalue weighted by Crippen LogP contribution is -2.37. The minimum absolute atomic E-state index is 0.0638. The maximum Gasteiger partial charge on any atom is 0.387 e. The van der Waals surface area contributed by atoms with E-state index in [1.165, 1.54) is 12.1 Å². The Kier molecular flexibility index (Phi) is 5.12. The van der Waals surface area contributed by atoms with Gasteiger partial charge in [0.15, 0.2) is 0 Å². The molecular weight excluding hydrogens is 278 g/mol. The van der Waals surface area contributed by atoms with Gasteiger partial charge in [0.05, 0.1) is 6.54 Å². The van der Waals surface area contributed by atoms with Gasteiger partial charge in [0.2, 0.25) is 5.91 Å². The Morgan fingerprint density at radius 1 is 1.38 bits per heavy atom. The molecule has 1 aliphatic rings. The summed E-state index contributed by atoms with van der Waals surface area (Å²) in [5, 5.41) is 3.16. The molecule has 1 amide bonds. The Hall–Kier alpha value is -1.69. The van der Waals surface area contributed by atoms with Crippen molar-refractivity contribution in [2.75, 3.05) is 6.54 Å². The molecule has 1 heterocycles. The zero-order valence-electron chi connectivity index (χ0n) is 12.2. The average Bonchev–Trinajstić information content (AvgIpc) is 2.81. The van der Waals surface area contributed by atoms with Crippen molar-refractivity contribution in [1.82, 2.24) is 10.2 Å². The monoisotopic (exact) mass is 298 g/mol. The summed E-state index contributed by atoms with van der Waals surface area (Å²) in [6.45, 7) is 1.57. The van der Waals surface area contributed by atoms with Crippen LogP contribution in [0.4, 0.5) is 8.78 Å². The molecule has 6 heteroatoms. The number of benzene rings is 1. The molecule has 0 radical (unpaired) electrons. The Labute approximate surface area is 123 Å². The largest absolute Gasteiger partial charge is 0.435 e. The molecule has 116 valence electrons. The first-order valence-electron chi connectivity index (χ1n) is 7.12. The van der Waals surface area contributed by atoms with Crippen molar-refractivity contribution in [3.8, 4) is 5.75 Å². The predicted octanol–water partition coefficient (Wildman–Crippen LogP) is 2.91. The molecule has 0 bridgehead atoms. The molecule has 0 saturated carbocycles. The average molecular weight is 298 g/mol. The van der Waals surface area contributed by atoms with Crippen molar-refractivity contribution in [1.29, 1.82) is 0 Å². The van der Waals surface area contributed by atoms with Gasteiger partial charge < -0.3 is 9.64 Å². The predicted molar refractivity (Wildman–Crippen MR) is 75.0 cm³/mol. The van der Waals surface area contributed by atoms with Crippen molar-refractivity contribution in [2.45, 2.75) is 45.5 Å². The van der Waals surface area contributed by atoms with Gasteiger partial charge in [0.1, 0.15) is 11.9 Å². The van der Waals surface area contributed by atoms with Gasteiger partial charge in [-0.1, -0.05) is 25.5 Å². The number of rotatable bonds is 6. The summed E-state index contributed by atoms with van der Waals surface area (Å²) in [7, 11) is 0. The molecule has 1 aliphatic heterocycles. The van der Waals surface area contributed by atoms with Crippen LogP contribution >= 0.6 is 0 Å². The van der Waals surface area contributed by atoms with Crippen LogP contribution in [0.1, 0.15) is 38.4 Å². The molecule has 2 atom stereocenters. The SMILES string of the molecule is CCCC(C)N1C(=O)CNC1c1ccc(OC(F)F)cc1. The Morgan fingerprint density at radius 3 is 2.62 bits per heavy atom. The molecule has 1 saturated heterocycles. The molecule has 2 rings (SSSR count). The van der Waals surface area contributed by atoms with E-state index in [0.717, 1.165) is 18.4 Å². The molecular formula is C15H20F2N2O2. The van der Waals surface area contributed by atoms with Crippen LogP contribution in [0.2, 0.25) is 0 Å². The summed E-state index contributed by atoms with van der Waals surface area (Å²) in [5.74, 6) is 0.181. The Morgan fingerprint density at radius 2 is 2.05 bits per heavy atom. The third-order valence-corrected chi connectivity index (χ3v) is 3.62. The molecule has 4 nitrogen and oxygen atoms in total. The second-order valence-electron chi connectivity index (χ2n) is 5.17. The third kappa shape index (κ3) is 3.69. The minimum Gasteiger partial charge on any atom is -0.435 e. The third-order valence-electron chi connectivity index (χ3n) is 3.62. The molecule has 1 fully saturated rings. The molecule has 0 aliphatic carbocycles. The number of amides is 1. The van der Waals surface area contributed by atoms with Gasteiger partial charge >= 0.3 is 6.61 Å². The summed E-state index contributed by atoms with van der Waals surface area (Å²) >= 11 is 0. The molecule has 2 unspecified atom stereocenters. The van der Waals surface area contributed by atoms with Crippen molar-refractivity contribution in [3.63, 3.8) is 0 Å². The summed E-state index contributed by atoms with van der Waals surface area (Å²) in [6.07, 6.45) is 1.72. The van der Waals surface area contributed by atoms with Crippen LogP contribution in [0, 0.1) is 0 Å². The second-order valence-corrected chi connectivity index (χ2v) is 5.17. The van der Waals surface area contributed by atoms with E-state index in [1.807, 2.05) is 11.8 Å². The van der Waals surface area contributed by atoms with Crippen LogP contribution in [-0.4, -0.2) is 30.0 Å². The van der Waals surface area contributed by atoms with E-state index < -0.39 is 6.61 Å². The molecule has 1 aromatic rings. The zero-order chi connectivity index (χ0) is 15.4. The van der Waals surface area contributed by atoms with Gasteiger partial charge in [-0.15, -0.1) is 0 Å². The second kappa shape index (κ2) is 6.85. The van der Waals surface area contributed by atoms with Crippen molar-refractivity contribution in [3.05, 3.63) is 29.8 Å². The molecule has 21 heavy (non-hydrogen) atoms. The number of nitrogens with one attached hydrogen (secondary N) is 1. The van der Waals surface area contributed by atoms with E-state index in [-0.39, 0.29) is 23.9 Å². The van der Waals surface area contributed by atoms with Crippen molar-refractivity contribution in [2.24, 2.45) is 0 Å². The van der Waals surface area contributed by atoms with Crippen molar-refractivity contribution >= 4 is 5.91 Å². The maximum atomic E-state index is 12.1. The standard InChI is InChI=1S/C15H20F2N2O2/c1-3-4-10(2)19-13(20)9-18-14(19)11-5-7-12(8-6-11)21-15(16)17/h5-8,10,14-15,18H,3-4,9H2,1-2H3. The molecule has 0 aromatic heterocycles. The van der Waals surface area contributed by atoms with Gasteiger partial charge in [-0.3, -0.25) is 10.1 Å². The fourth-order valence-electron chi connectivity index (χ4n) is 2.68. The zero-order valence-corrected chi connectivity index (χ0v) is 12.2. The maximum absolute atomic E-state index is 12.1. The van der Waals surface area contributed by atoms with Gasteiger partial charge in [0, 0.05) is 6.04 Å². The highest BCUT2D eigenvalue weighted by Crippen LogP contribution is 2.28. The normalized spacial score (nSPS) is 20.1. The van der Waals surface area contributed by atoms with Crippen LogP contribution < -0.4 is 10.1 Å². The number of ether oxygens (including phenoxy) is 1. The number of halogens is 2. The highest BCUT2D eigenvalue weighted by Gasteiger charge is 2.34. The summed E-state index contributed by atoms with van der Waals surface area (Å²) in [5.41, 5.74) is 0.866. The van der Waals surface area contributed by atoms with E-state index in [1.54, 1.807) is 12.1 Å². The summed E-state index contributed by atoms with van der Waals surface area (Å²) < 4.78 is 28.6. The Bertz CT molecular complexity index is 479. The Balaban J connectivity index is 2.14. The smallest absolute Gasteiger partial charge is 0.387 e. The van der Waals surface area contributed by atoms with Gasteiger partial charge in [-0.2, -0.15) is 8.78 Å². The number of hydrogen-bond acceptors (Lipinski definition) is 3. The number of carbonyl (C=O) groups excluding carboxylic acids is 1. The highest BCUT2D eigenvalue weighted by molar-refractivity contribution is 5.81. The van der Waals surface area contributed by atoms with E-state index in [2.05, 4.69) is 17.0 Å². The van der Waals surface area contributed by atoms with Crippen LogP contribution in [0.15, 0.2) is 24.3 Å². The first-order valence-corrected chi connectivity index (χ1v) is 7.12. The molecule has 1 N–H and O–H groups in total. The first kappa shape index (κ1) is 15.7. The minimum atomic E-state index is -2.83. The summed E-state index contributed by atoms with van der Waals surface area (Å²) in [4.78, 5) is 13.9. The van der Waals surface area contributed by atoms with Crippen LogP contribution in [0.5, 0.6) is 5.75 Å². The first-order chi connectivity index (χ1) is 10.0. The van der Waals surface area contributed by atoms with E-state index in [4.69, 9.17) is 0 Å². The van der Waals surface area contributed by atoms with E-state index >= 15 is 0 Å². The van der Waals surface area contributed by atoms with E-state index in [0.29, 0.717) is 6.54 Å². The lowest BCUT2D eigenvalue weighted by atomic mass is 10.1.